The lowest BCUT2D eigenvalue weighted by atomic mass is 10.1. The van der Waals surface area contributed by atoms with Crippen LogP contribution in [0, 0.1) is 0 Å². The average molecular weight is 221 g/mol. The Kier molecular flexibility index (Phi) is 4.99. The van der Waals surface area contributed by atoms with Gasteiger partial charge in [0.25, 0.3) is 0 Å². The fourth-order valence-corrected chi connectivity index (χ4v) is 1.32. The number of esters is 1. The smallest absolute Gasteiger partial charge is 0.338 e. The molecule has 0 N–H and O–H groups in total. The molecule has 1 aromatic rings. The standard InChI is InChI=1S/C13H19NO2/c1-4-11-6-5-7-12(10-11)13(15)16-9-8-14(2)3/h5-7,10H,4,8-9H2,1-3H3. The maximum atomic E-state index is 11.7. The van der Waals surface area contributed by atoms with Crippen LogP contribution in [-0.4, -0.2) is 38.1 Å². The van der Waals surface area contributed by atoms with Crippen molar-refractivity contribution in [1.29, 1.82) is 0 Å². The van der Waals surface area contributed by atoms with Crippen LogP contribution in [-0.2, 0) is 11.2 Å². The summed E-state index contributed by atoms with van der Waals surface area (Å²) >= 11 is 0. The minimum atomic E-state index is -0.239. The molecule has 0 atom stereocenters. The van der Waals surface area contributed by atoms with Crippen molar-refractivity contribution in [1.82, 2.24) is 4.90 Å². The second-order valence-corrected chi connectivity index (χ2v) is 3.99. The minimum absolute atomic E-state index is 0.239. The Hall–Kier alpha value is -1.35. The van der Waals surface area contributed by atoms with Crippen LogP contribution in [0.2, 0.25) is 0 Å². The van der Waals surface area contributed by atoms with Crippen molar-refractivity contribution in [3.05, 3.63) is 35.4 Å². The zero-order valence-corrected chi connectivity index (χ0v) is 10.2. The van der Waals surface area contributed by atoms with Gasteiger partial charge >= 0.3 is 5.97 Å². The minimum Gasteiger partial charge on any atom is -0.461 e. The second-order valence-electron chi connectivity index (χ2n) is 3.99. The molecule has 0 saturated carbocycles. The number of benzene rings is 1. The van der Waals surface area contributed by atoms with Crippen LogP contribution in [0.4, 0.5) is 0 Å². The van der Waals surface area contributed by atoms with Crippen LogP contribution in [0.15, 0.2) is 24.3 Å². The highest BCUT2D eigenvalue weighted by Gasteiger charge is 2.06. The first-order valence-corrected chi connectivity index (χ1v) is 5.54. The van der Waals surface area contributed by atoms with E-state index in [0.29, 0.717) is 12.2 Å². The maximum absolute atomic E-state index is 11.7. The number of ether oxygens (including phenoxy) is 1. The molecule has 0 aliphatic rings. The van der Waals surface area contributed by atoms with E-state index in [1.807, 2.05) is 37.2 Å². The molecule has 0 radical (unpaired) electrons. The quantitative estimate of drug-likeness (QED) is 0.712. The molecule has 0 aliphatic heterocycles. The van der Waals surface area contributed by atoms with Crippen molar-refractivity contribution < 1.29 is 9.53 Å². The number of carbonyl (C=O) groups excluding carboxylic acids is 1. The van der Waals surface area contributed by atoms with Crippen molar-refractivity contribution in [2.75, 3.05) is 27.2 Å². The Bertz CT molecular complexity index is 348. The number of hydrogen-bond donors (Lipinski definition) is 0. The number of rotatable bonds is 5. The predicted molar refractivity (Wildman–Crippen MR) is 64.7 cm³/mol. The Balaban J connectivity index is 2.52. The molecule has 0 bridgehead atoms. The zero-order chi connectivity index (χ0) is 12.0. The summed E-state index contributed by atoms with van der Waals surface area (Å²) in [6.07, 6.45) is 0.929. The molecule has 0 aliphatic carbocycles. The zero-order valence-electron chi connectivity index (χ0n) is 10.2. The maximum Gasteiger partial charge on any atom is 0.338 e. The van der Waals surface area contributed by atoms with Gasteiger partial charge in [0.05, 0.1) is 5.56 Å². The summed E-state index contributed by atoms with van der Waals surface area (Å²) in [6.45, 7) is 3.25. The summed E-state index contributed by atoms with van der Waals surface area (Å²) < 4.78 is 5.16. The van der Waals surface area contributed by atoms with Gasteiger partial charge < -0.3 is 9.64 Å². The van der Waals surface area contributed by atoms with Gasteiger partial charge in [-0.25, -0.2) is 4.79 Å². The number of hydrogen-bond acceptors (Lipinski definition) is 3. The van der Waals surface area contributed by atoms with E-state index in [-0.39, 0.29) is 5.97 Å². The third-order valence-corrected chi connectivity index (χ3v) is 2.34. The Morgan fingerprint density at radius 2 is 2.12 bits per heavy atom. The van der Waals surface area contributed by atoms with E-state index in [2.05, 4.69) is 6.92 Å². The van der Waals surface area contributed by atoms with E-state index in [1.54, 1.807) is 6.07 Å². The summed E-state index contributed by atoms with van der Waals surface area (Å²) in [4.78, 5) is 13.6. The van der Waals surface area contributed by atoms with Crippen LogP contribution in [0.3, 0.4) is 0 Å². The Labute approximate surface area is 97.0 Å². The van der Waals surface area contributed by atoms with E-state index < -0.39 is 0 Å². The molecule has 0 fully saturated rings. The van der Waals surface area contributed by atoms with Gasteiger partial charge in [0.1, 0.15) is 6.61 Å². The third-order valence-electron chi connectivity index (χ3n) is 2.34. The Morgan fingerprint density at radius 3 is 2.75 bits per heavy atom. The normalized spacial score (nSPS) is 10.5. The monoisotopic (exact) mass is 221 g/mol. The van der Waals surface area contributed by atoms with Gasteiger partial charge in [-0.05, 0) is 38.2 Å². The molecule has 0 unspecified atom stereocenters. The van der Waals surface area contributed by atoms with Crippen LogP contribution in [0.1, 0.15) is 22.8 Å². The summed E-state index contributed by atoms with van der Waals surface area (Å²) in [5.41, 5.74) is 1.79. The third kappa shape index (κ3) is 4.03. The fraction of sp³-hybridized carbons (Fsp3) is 0.462. The van der Waals surface area contributed by atoms with E-state index in [9.17, 15) is 4.79 Å². The molecular weight excluding hydrogens is 202 g/mol. The molecule has 1 aromatic carbocycles. The molecule has 0 heterocycles. The lowest BCUT2D eigenvalue weighted by molar-refractivity contribution is 0.0482. The molecule has 1 rings (SSSR count). The molecule has 0 aromatic heterocycles. The van der Waals surface area contributed by atoms with Crippen molar-refractivity contribution in [3.63, 3.8) is 0 Å². The lowest BCUT2D eigenvalue weighted by Crippen LogP contribution is -2.20. The first-order chi connectivity index (χ1) is 7.63. The molecule has 3 heteroatoms. The van der Waals surface area contributed by atoms with E-state index >= 15 is 0 Å². The topological polar surface area (TPSA) is 29.5 Å². The summed E-state index contributed by atoms with van der Waals surface area (Å²) in [6, 6.07) is 7.58. The van der Waals surface area contributed by atoms with Gasteiger partial charge in [0, 0.05) is 6.54 Å². The van der Waals surface area contributed by atoms with Gasteiger partial charge in [-0.2, -0.15) is 0 Å². The molecular formula is C13H19NO2. The van der Waals surface area contributed by atoms with Crippen molar-refractivity contribution >= 4 is 5.97 Å². The Morgan fingerprint density at radius 1 is 1.38 bits per heavy atom. The highest BCUT2D eigenvalue weighted by atomic mass is 16.5. The SMILES string of the molecule is CCc1cccc(C(=O)OCCN(C)C)c1. The van der Waals surface area contributed by atoms with Crippen LogP contribution in [0.25, 0.3) is 0 Å². The predicted octanol–water partition coefficient (Wildman–Crippen LogP) is 1.97. The van der Waals surface area contributed by atoms with Gasteiger partial charge in [-0.3, -0.25) is 0 Å². The van der Waals surface area contributed by atoms with Gasteiger partial charge in [-0.1, -0.05) is 19.1 Å². The molecule has 3 nitrogen and oxygen atoms in total. The molecule has 0 spiro atoms. The van der Waals surface area contributed by atoms with E-state index in [1.165, 1.54) is 0 Å². The first kappa shape index (κ1) is 12.7. The fourth-order valence-electron chi connectivity index (χ4n) is 1.32. The van der Waals surface area contributed by atoms with Gasteiger partial charge in [0.2, 0.25) is 0 Å². The van der Waals surface area contributed by atoms with Crippen molar-refractivity contribution in [3.8, 4) is 0 Å². The summed E-state index contributed by atoms with van der Waals surface area (Å²) in [5, 5.41) is 0. The van der Waals surface area contributed by atoms with Crippen LogP contribution < -0.4 is 0 Å². The molecule has 16 heavy (non-hydrogen) atoms. The second kappa shape index (κ2) is 6.28. The average Bonchev–Trinajstić information content (AvgIpc) is 2.28. The number of aryl methyl sites for hydroxylation is 1. The van der Waals surface area contributed by atoms with Crippen LogP contribution >= 0.6 is 0 Å². The van der Waals surface area contributed by atoms with Crippen LogP contribution in [0.5, 0.6) is 0 Å². The summed E-state index contributed by atoms with van der Waals surface area (Å²) in [7, 11) is 3.90. The van der Waals surface area contributed by atoms with Crippen molar-refractivity contribution in [2.45, 2.75) is 13.3 Å². The molecule has 0 saturated heterocycles. The molecule has 0 amide bonds. The highest BCUT2D eigenvalue weighted by Crippen LogP contribution is 2.07. The number of likely N-dealkylation sites (N-methyl/N-ethyl adjacent to an activating group) is 1. The lowest BCUT2D eigenvalue weighted by Gasteiger charge is -2.10. The highest BCUT2D eigenvalue weighted by molar-refractivity contribution is 5.89. The van der Waals surface area contributed by atoms with E-state index in [4.69, 9.17) is 4.74 Å². The van der Waals surface area contributed by atoms with Gasteiger partial charge in [0.15, 0.2) is 0 Å². The number of nitrogens with zero attached hydrogens (tertiary/aromatic N) is 1. The molecule has 88 valence electrons. The largest absolute Gasteiger partial charge is 0.461 e. The number of carbonyl (C=O) groups is 1. The summed E-state index contributed by atoms with van der Waals surface area (Å²) in [5.74, 6) is -0.239. The van der Waals surface area contributed by atoms with Crippen molar-refractivity contribution in [2.24, 2.45) is 0 Å². The van der Waals surface area contributed by atoms with Gasteiger partial charge in [-0.15, -0.1) is 0 Å². The van der Waals surface area contributed by atoms with E-state index in [0.717, 1.165) is 18.5 Å². The first-order valence-electron chi connectivity index (χ1n) is 5.54.